The fraction of sp³-hybridized carbons (Fsp3) is 0.419. The second kappa shape index (κ2) is 11.4. The summed E-state index contributed by atoms with van der Waals surface area (Å²) in [5.74, 6) is 0.727. The zero-order valence-electron chi connectivity index (χ0n) is 24.8. The number of fused-ring (bicyclic) bond motifs is 1. The molecule has 6 rings (SSSR count). The maximum Gasteiger partial charge on any atom is 0.433 e. The molecule has 4 aliphatic rings. The number of hydrogen-bond donors (Lipinski definition) is 0. The van der Waals surface area contributed by atoms with Gasteiger partial charge in [-0.2, -0.15) is 17.8 Å². The van der Waals surface area contributed by atoms with E-state index in [2.05, 4.69) is 15.0 Å². The third-order valence-corrected chi connectivity index (χ3v) is 8.95. The van der Waals surface area contributed by atoms with Crippen LogP contribution in [-0.2, 0) is 20.5 Å². The average Bonchev–Trinajstić information content (AvgIpc) is 3.73. The normalized spacial score (nSPS) is 22.5. The Balaban J connectivity index is 1.27. The largest absolute Gasteiger partial charge is 0.456 e. The van der Waals surface area contributed by atoms with Crippen LogP contribution in [0.1, 0.15) is 26.5 Å². The van der Waals surface area contributed by atoms with Gasteiger partial charge in [0, 0.05) is 37.0 Å². The summed E-state index contributed by atoms with van der Waals surface area (Å²) in [6.45, 7) is 7.82. The van der Waals surface area contributed by atoms with Crippen molar-refractivity contribution in [2.45, 2.75) is 32.5 Å². The number of thioether (sulfide) groups is 1. The zero-order chi connectivity index (χ0) is 31.3. The van der Waals surface area contributed by atoms with Crippen molar-refractivity contribution < 1.29 is 32.1 Å². The average molecular weight is 628 g/mol. The predicted molar refractivity (Wildman–Crippen MR) is 161 cm³/mol. The molecule has 2 aromatic rings. The first-order valence-corrected chi connectivity index (χ1v) is 15.6. The third kappa shape index (κ3) is 5.75. The summed E-state index contributed by atoms with van der Waals surface area (Å²) in [6.07, 6.45) is 1.06. The second-order valence-electron chi connectivity index (χ2n) is 12.1. The Hall–Kier alpha value is -3.68. The number of halogens is 3. The number of quaternary nitrogens is 1. The van der Waals surface area contributed by atoms with Crippen LogP contribution in [0.15, 0.2) is 71.6 Å². The fourth-order valence-electron chi connectivity index (χ4n) is 5.95. The molecule has 4 aliphatic heterocycles. The Morgan fingerprint density at radius 3 is 2.36 bits per heavy atom. The van der Waals surface area contributed by atoms with E-state index >= 15 is 0 Å². The van der Waals surface area contributed by atoms with Crippen LogP contribution in [0.2, 0.25) is 0 Å². The van der Waals surface area contributed by atoms with Crippen molar-refractivity contribution in [2.24, 2.45) is 0 Å². The van der Waals surface area contributed by atoms with Crippen LogP contribution in [-0.4, -0.2) is 92.8 Å². The highest BCUT2D eigenvalue weighted by Crippen LogP contribution is 2.44. The predicted octanol–water partition coefficient (Wildman–Crippen LogP) is 4.61. The van der Waals surface area contributed by atoms with Gasteiger partial charge in [0.05, 0.1) is 30.2 Å². The first-order valence-electron chi connectivity index (χ1n) is 14.5. The topological polar surface area (TPSA) is 78.9 Å². The quantitative estimate of drug-likeness (QED) is 0.352. The van der Waals surface area contributed by atoms with Crippen LogP contribution >= 0.6 is 11.8 Å². The Morgan fingerprint density at radius 2 is 1.73 bits per heavy atom. The van der Waals surface area contributed by atoms with Gasteiger partial charge in [-0.25, -0.2) is 14.8 Å². The first-order chi connectivity index (χ1) is 20.9. The number of allylic oxidation sites excluding steroid dienone is 2. The summed E-state index contributed by atoms with van der Waals surface area (Å²) >= 11 is 1.67. The second-order valence-corrected chi connectivity index (χ2v) is 13.2. The van der Waals surface area contributed by atoms with Gasteiger partial charge in [0.1, 0.15) is 23.9 Å². The van der Waals surface area contributed by atoms with Gasteiger partial charge in [0.2, 0.25) is 5.95 Å². The van der Waals surface area contributed by atoms with E-state index in [0.29, 0.717) is 61.0 Å². The van der Waals surface area contributed by atoms with Crippen molar-refractivity contribution in [3.63, 3.8) is 0 Å². The molecule has 0 aliphatic carbocycles. The van der Waals surface area contributed by atoms with E-state index in [1.54, 1.807) is 72.7 Å². The molecule has 1 amide bonds. The molecule has 0 radical (unpaired) electrons. The van der Waals surface area contributed by atoms with Crippen LogP contribution in [0.5, 0.6) is 0 Å². The Bertz CT molecular complexity index is 1560. The summed E-state index contributed by atoms with van der Waals surface area (Å²) in [4.78, 5) is 39.3. The van der Waals surface area contributed by atoms with E-state index in [1.807, 2.05) is 18.4 Å². The lowest BCUT2D eigenvalue weighted by molar-refractivity contribution is -0.948. The number of hydrogen-bond acceptors (Lipinski definition) is 8. The number of rotatable bonds is 5. The van der Waals surface area contributed by atoms with Crippen LogP contribution in [0.3, 0.4) is 0 Å². The molecule has 232 valence electrons. The summed E-state index contributed by atoms with van der Waals surface area (Å²) in [7, 11) is 0. The number of carbonyl (C=O) groups is 2. The highest BCUT2D eigenvalue weighted by atomic mass is 32.2. The molecule has 0 unspecified atom stereocenters. The first kappa shape index (κ1) is 30.4. The molecule has 0 saturated carbocycles. The van der Waals surface area contributed by atoms with Crippen molar-refractivity contribution in [3.8, 4) is 11.3 Å². The molecule has 1 aromatic heterocycles. The Kier molecular flexibility index (Phi) is 7.83. The highest BCUT2D eigenvalue weighted by molar-refractivity contribution is 7.99. The lowest BCUT2D eigenvalue weighted by Gasteiger charge is -2.44. The van der Waals surface area contributed by atoms with Gasteiger partial charge in [-0.15, -0.1) is 16.8 Å². The van der Waals surface area contributed by atoms with Crippen LogP contribution in [0.25, 0.3) is 11.3 Å². The molecule has 5 heterocycles. The van der Waals surface area contributed by atoms with E-state index in [4.69, 9.17) is 4.74 Å². The lowest BCUT2D eigenvalue weighted by atomic mass is 10.1. The molecule has 13 heteroatoms. The minimum atomic E-state index is -4.63. The molecule has 44 heavy (non-hydrogen) atoms. The van der Waals surface area contributed by atoms with Gasteiger partial charge in [0.15, 0.2) is 11.4 Å². The van der Waals surface area contributed by atoms with Gasteiger partial charge in [0.25, 0.3) is 5.91 Å². The van der Waals surface area contributed by atoms with Crippen molar-refractivity contribution in [1.82, 2.24) is 19.9 Å². The van der Waals surface area contributed by atoms with E-state index in [9.17, 15) is 22.8 Å². The van der Waals surface area contributed by atoms with Crippen LogP contribution < -0.4 is 4.90 Å². The molecular formula is C31H34F3N6O3S+. The Morgan fingerprint density at radius 1 is 1.00 bits per heavy atom. The van der Waals surface area contributed by atoms with Gasteiger partial charge >= 0.3 is 12.1 Å². The fourth-order valence-corrected chi connectivity index (χ4v) is 6.89. The summed E-state index contributed by atoms with van der Waals surface area (Å²) in [6, 6.07) is 9.72. The summed E-state index contributed by atoms with van der Waals surface area (Å²) in [5, 5.41) is 2.14. The Labute approximate surface area is 258 Å². The lowest BCUT2D eigenvalue weighted by Crippen LogP contribution is -2.61. The van der Waals surface area contributed by atoms with Gasteiger partial charge in [-0.1, -0.05) is 30.3 Å². The van der Waals surface area contributed by atoms with Gasteiger partial charge in [-0.3, -0.25) is 4.79 Å². The number of ether oxygens (including phenoxy) is 1. The number of amides is 1. The van der Waals surface area contributed by atoms with Crippen molar-refractivity contribution in [2.75, 3.05) is 55.8 Å². The number of aromatic nitrogens is 2. The number of carbonyl (C=O) groups excluding carboxylic acids is 2. The number of esters is 1. The highest BCUT2D eigenvalue weighted by Gasteiger charge is 2.55. The summed E-state index contributed by atoms with van der Waals surface area (Å²) < 4.78 is 47.5. The van der Waals surface area contributed by atoms with Crippen LogP contribution in [0.4, 0.5) is 19.1 Å². The number of benzene rings is 1. The SMILES string of the molecule is CC(C)(C)OC(=O)C1=C(C(=O)N2CCSC2)C[N@+]2(N3CCN(c4nc(-c5ccccc5)cc(C(F)(F)F)n4)CC3)C=CC=C12. The summed E-state index contributed by atoms with van der Waals surface area (Å²) in [5.41, 5.74) is 0.422. The van der Waals surface area contributed by atoms with E-state index in [1.165, 1.54) is 0 Å². The maximum atomic E-state index is 13.9. The molecule has 0 bridgehead atoms. The van der Waals surface area contributed by atoms with E-state index in [-0.39, 0.29) is 28.7 Å². The number of anilines is 1. The van der Waals surface area contributed by atoms with Gasteiger partial charge < -0.3 is 14.5 Å². The van der Waals surface area contributed by atoms with E-state index < -0.39 is 23.4 Å². The standard InChI is InChI=1S/C31H34F3N6O3S/c1-30(2,3)43-28(42)26-22(27(41)38-15-17-44-20-38)19-40(16-7-10-24(26)40)39-13-11-37(12-14-39)29-35-23(21-8-5-4-6-9-21)18-25(36-29)31(32,33)34/h4-10,16,18H,11-15,17,19-20H2,1-3H3/q+1/t40-/m1/s1. The molecule has 0 N–H and O–H groups in total. The number of piperazine rings is 1. The maximum absolute atomic E-state index is 13.9. The monoisotopic (exact) mass is 627 g/mol. The van der Waals surface area contributed by atoms with Crippen molar-refractivity contribution in [1.29, 1.82) is 0 Å². The van der Waals surface area contributed by atoms with E-state index in [0.717, 1.165) is 11.8 Å². The molecule has 1 aromatic carbocycles. The zero-order valence-corrected chi connectivity index (χ0v) is 25.6. The number of alkyl halides is 3. The minimum absolute atomic E-state index is 0.0162. The molecule has 2 saturated heterocycles. The molecule has 2 fully saturated rings. The van der Waals surface area contributed by atoms with Crippen LogP contribution in [0, 0.1) is 0 Å². The molecular weight excluding hydrogens is 593 g/mol. The smallest absolute Gasteiger partial charge is 0.433 e. The molecule has 9 nitrogen and oxygen atoms in total. The third-order valence-electron chi connectivity index (χ3n) is 7.98. The minimum Gasteiger partial charge on any atom is -0.456 e. The van der Waals surface area contributed by atoms with Gasteiger partial charge in [-0.05, 0) is 32.9 Å². The molecule has 1 atom stereocenters. The number of nitrogens with zero attached hydrogens (tertiary/aromatic N) is 6. The van der Waals surface area contributed by atoms with Crippen molar-refractivity contribution >= 4 is 29.6 Å². The molecule has 0 spiro atoms. The van der Waals surface area contributed by atoms with Crippen molar-refractivity contribution in [3.05, 3.63) is 77.3 Å².